The van der Waals surface area contributed by atoms with Crippen molar-refractivity contribution in [1.29, 1.82) is 0 Å². The molecule has 5 nitrogen and oxygen atoms in total. The molecule has 0 atom stereocenters. The van der Waals surface area contributed by atoms with Crippen LogP contribution in [0, 0.1) is 0 Å². The molecule has 0 unspecified atom stereocenters. The Kier molecular flexibility index (Phi) is 6.03. The van der Waals surface area contributed by atoms with Gasteiger partial charge in [0.1, 0.15) is 5.69 Å². The molecule has 1 aromatic rings. The van der Waals surface area contributed by atoms with Gasteiger partial charge in [-0.1, -0.05) is 18.9 Å². The highest BCUT2D eigenvalue weighted by Crippen LogP contribution is 1.98. The second kappa shape index (κ2) is 7.62. The van der Waals surface area contributed by atoms with E-state index < -0.39 is 0 Å². The van der Waals surface area contributed by atoms with Gasteiger partial charge in [-0.25, -0.2) is 0 Å². The molecule has 0 aliphatic carbocycles. The summed E-state index contributed by atoms with van der Waals surface area (Å²) in [7, 11) is 0. The van der Waals surface area contributed by atoms with Crippen molar-refractivity contribution in [2.45, 2.75) is 25.7 Å². The van der Waals surface area contributed by atoms with E-state index in [1.165, 1.54) is 6.07 Å². The maximum atomic E-state index is 11.6. The highest BCUT2D eigenvalue weighted by atomic mass is 16.2. The van der Waals surface area contributed by atoms with E-state index in [1.807, 2.05) is 0 Å². The quantitative estimate of drug-likeness (QED) is 0.610. The van der Waals surface area contributed by atoms with Crippen LogP contribution in [0.25, 0.3) is 0 Å². The van der Waals surface area contributed by atoms with E-state index in [0.29, 0.717) is 6.54 Å². The first-order chi connectivity index (χ1) is 8.24. The highest BCUT2D eigenvalue weighted by molar-refractivity contribution is 5.92. The summed E-state index contributed by atoms with van der Waals surface area (Å²) in [5, 5.41) is 11.3. The van der Waals surface area contributed by atoms with Gasteiger partial charge in [-0.3, -0.25) is 9.59 Å². The van der Waals surface area contributed by atoms with Gasteiger partial charge >= 0.3 is 0 Å². The van der Waals surface area contributed by atoms with Crippen LogP contribution >= 0.6 is 0 Å². The van der Waals surface area contributed by atoms with Crippen molar-refractivity contribution in [3.63, 3.8) is 0 Å². The van der Waals surface area contributed by atoms with Crippen LogP contribution in [-0.2, 0) is 0 Å². The van der Waals surface area contributed by atoms with Crippen LogP contribution in [0.5, 0.6) is 0 Å². The van der Waals surface area contributed by atoms with Gasteiger partial charge in [-0.15, -0.1) is 0 Å². The fourth-order valence-corrected chi connectivity index (χ4v) is 1.47. The van der Waals surface area contributed by atoms with Gasteiger partial charge < -0.3 is 15.4 Å². The number of nitrogens with one attached hydrogen (secondary N) is 2. The lowest BCUT2D eigenvalue weighted by molar-refractivity contribution is 0.0947. The van der Waals surface area contributed by atoms with Gasteiger partial charge in [-0.2, -0.15) is 0 Å². The number of pyridine rings is 1. The maximum Gasteiger partial charge on any atom is 0.267 e. The Bertz CT molecular complexity index is 401. The lowest BCUT2D eigenvalue weighted by atomic mass is 10.2. The van der Waals surface area contributed by atoms with Gasteiger partial charge in [0.05, 0.1) is 0 Å². The monoisotopic (exact) mass is 238 g/mol. The molecule has 5 heteroatoms. The molecule has 3 N–H and O–H groups in total. The second-order valence-electron chi connectivity index (χ2n) is 3.82. The minimum atomic E-state index is -0.277. The standard InChI is InChI=1S/C12H18N2O3/c15-9-4-2-1-3-8-13-12(17)10-6-5-7-11(16)14-10/h5-7,15H,1-4,8-9H2,(H,13,17)(H,14,16). The number of H-pyrrole nitrogens is 1. The molecule has 1 heterocycles. The van der Waals surface area contributed by atoms with Crippen molar-refractivity contribution in [3.05, 3.63) is 34.2 Å². The van der Waals surface area contributed by atoms with Crippen molar-refractivity contribution in [2.24, 2.45) is 0 Å². The molecule has 0 fully saturated rings. The molecule has 0 bridgehead atoms. The first-order valence-electron chi connectivity index (χ1n) is 5.82. The zero-order chi connectivity index (χ0) is 12.5. The Morgan fingerprint density at radius 3 is 2.71 bits per heavy atom. The molecule has 0 aliphatic rings. The minimum absolute atomic E-state index is 0.220. The number of rotatable bonds is 7. The van der Waals surface area contributed by atoms with E-state index in [0.717, 1.165) is 25.7 Å². The SMILES string of the molecule is O=C(NCCCCCCO)c1cccc(=O)[nH]1. The maximum absolute atomic E-state index is 11.6. The molecule has 94 valence electrons. The van der Waals surface area contributed by atoms with Crippen LogP contribution in [0.3, 0.4) is 0 Å². The van der Waals surface area contributed by atoms with Crippen molar-refractivity contribution < 1.29 is 9.90 Å². The Labute approximate surface area is 99.9 Å². The number of amides is 1. The number of carbonyl (C=O) groups excluding carboxylic acids is 1. The van der Waals surface area contributed by atoms with Gasteiger partial charge in [0.15, 0.2) is 0 Å². The summed E-state index contributed by atoms with van der Waals surface area (Å²) in [6.07, 6.45) is 3.63. The molecule has 0 spiro atoms. The second-order valence-corrected chi connectivity index (χ2v) is 3.82. The molecule has 1 amide bonds. The smallest absolute Gasteiger partial charge is 0.267 e. The summed E-state index contributed by atoms with van der Waals surface area (Å²) in [4.78, 5) is 25.0. The van der Waals surface area contributed by atoms with E-state index in [-0.39, 0.29) is 23.8 Å². The van der Waals surface area contributed by atoms with Gasteiger partial charge in [-0.05, 0) is 18.9 Å². The lowest BCUT2D eigenvalue weighted by Crippen LogP contribution is -2.27. The summed E-state index contributed by atoms with van der Waals surface area (Å²) in [5.74, 6) is -0.259. The molecule has 0 saturated carbocycles. The number of unbranched alkanes of at least 4 members (excludes halogenated alkanes) is 3. The Morgan fingerprint density at radius 1 is 1.24 bits per heavy atom. The van der Waals surface area contributed by atoms with Crippen molar-refractivity contribution in [2.75, 3.05) is 13.2 Å². The first kappa shape index (κ1) is 13.4. The van der Waals surface area contributed by atoms with E-state index in [2.05, 4.69) is 10.3 Å². The summed E-state index contributed by atoms with van der Waals surface area (Å²) < 4.78 is 0. The number of hydrogen-bond acceptors (Lipinski definition) is 3. The number of aromatic nitrogens is 1. The molecule has 17 heavy (non-hydrogen) atoms. The molecule has 1 rings (SSSR count). The number of aliphatic hydroxyl groups is 1. The summed E-state index contributed by atoms with van der Waals surface area (Å²) in [6.45, 7) is 0.804. The van der Waals surface area contributed by atoms with Crippen LogP contribution in [0.15, 0.2) is 23.0 Å². The number of aliphatic hydroxyl groups excluding tert-OH is 1. The van der Waals surface area contributed by atoms with Crippen molar-refractivity contribution >= 4 is 5.91 Å². The fourth-order valence-electron chi connectivity index (χ4n) is 1.47. The fraction of sp³-hybridized carbons (Fsp3) is 0.500. The first-order valence-corrected chi connectivity index (χ1v) is 5.82. The van der Waals surface area contributed by atoms with Gasteiger partial charge in [0, 0.05) is 19.2 Å². The van der Waals surface area contributed by atoms with E-state index in [4.69, 9.17) is 5.11 Å². The summed E-state index contributed by atoms with van der Waals surface area (Å²) in [5.41, 5.74) is 0.00783. The number of carbonyl (C=O) groups is 1. The Hall–Kier alpha value is -1.62. The summed E-state index contributed by atoms with van der Waals surface area (Å²) >= 11 is 0. The third kappa shape index (κ3) is 5.31. The lowest BCUT2D eigenvalue weighted by Gasteiger charge is -2.04. The predicted octanol–water partition coefficient (Wildman–Crippen LogP) is 0.657. The molecular formula is C12H18N2O3. The van der Waals surface area contributed by atoms with Gasteiger partial charge in [0.25, 0.3) is 5.91 Å². The van der Waals surface area contributed by atoms with E-state index in [9.17, 15) is 9.59 Å². The molecule has 0 radical (unpaired) electrons. The molecule has 0 aliphatic heterocycles. The average Bonchev–Trinajstić information content (AvgIpc) is 2.33. The Morgan fingerprint density at radius 2 is 2.00 bits per heavy atom. The van der Waals surface area contributed by atoms with Crippen LogP contribution in [0.1, 0.15) is 36.2 Å². The largest absolute Gasteiger partial charge is 0.396 e. The van der Waals surface area contributed by atoms with Crippen molar-refractivity contribution in [1.82, 2.24) is 10.3 Å². The predicted molar refractivity (Wildman–Crippen MR) is 64.9 cm³/mol. The molecular weight excluding hydrogens is 220 g/mol. The minimum Gasteiger partial charge on any atom is -0.396 e. The van der Waals surface area contributed by atoms with Crippen LogP contribution < -0.4 is 10.9 Å². The normalized spacial score (nSPS) is 10.2. The summed E-state index contributed by atoms with van der Waals surface area (Å²) in [6, 6.07) is 4.49. The zero-order valence-corrected chi connectivity index (χ0v) is 9.74. The number of aromatic amines is 1. The molecule has 0 aromatic carbocycles. The van der Waals surface area contributed by atoms with Gasteiger partial charge in [0.2, 0.25) is 5.56 Å². The highest BCUT2D eigenvalue weighted by Gasteiger charge is 2.04. The third-order valence-corrected chi connectivity index (χ3v) is 2.38. The molecule has 0 saturated heterocycles. The van der Waals surface area contributed by atoms with E-state index in [1.54, 1.807) is 12.1 Å². The molecule has 1 aromatic heterocycles. The van der Waals surface area contributed by atoms with Crippen LogP contribution in [0.2, 0.25) is 0 Å². The number of hydrogen-bond donors (Lipinski definition) is 3. The zero-order valence-electron chi connectivity index (χ0n) is 9.74. The van der Waals surface area contributed by atoms with Crippen LogP contribution in [0.4, 0.5) is 0 Å². The Balaban J connectivity index is 2.24. The van der Waals surface area contributed by atoms with Crippen LogP contribution in [-0.4, -0.2) is 29.1 Å². The topological polar surface area (TPSA) is 82.2 Å². The average molecular weight is 238 g/mol. The van der Waals surface area contributed by atoms with E-state index >= 15 is 0 Å². The third-order valence-electron chi connectivity index (χ3n) is 2.38. The van der Waals surface area contributed by atoms with Crippen molar-refractivity contribution in [3.8, 4) is 0 Å².